The zero-order valence-corrected chi connectivity index (χ0v) is 11.9. The molecule has 0 radical (unpaired) electrons. The van der Waals surface area contributed by atoms with Crippen molar-refractivity contribution in [2.24, 2.45) is 0 Å². The van der Waals surface area contributed by atoms with E-state index in [1.54, 1.807) is 19.2 Å². The van der Waals surface area contributed by atoms with Crippen LogP contribution >= 0.6 is 0 Å². The highest BCUT2D eigenvalue weighted by Gasteiger charge is 2.17. The lowest BCUT2D eigenvalue weighted by molar-refractivity contribution is 0.0947. The van der Waals surface area contributed by atoms with Gasteiger partial charge in [-0.15, -0.1) is 0 Å². The second-order valence-corrected chi connectivity index (χ2v) is 4.64. The van der Waals surface area contributed by atoms with E-state index in [0.717, 1.165) is 11.3 Å². The number of methoxy groups -OCH3 is 1. The molecule has 0 aliphatic rings. The first-order valence-corrected chi connectivity index (χ1v) is 6.60. The Labute approximate surface area is 126 Å². The van der Waals surface area contributed by atoms with Crippen molar-refractivity contribution < 1.29 is 23.4 Å². The van der Waals surface area contributed by atoms with Crippen molar-refractivity contribution >= 4 is 5.91 Å². The molecule has 116 valence electrons. The van der Waals surface area contributed by atoms with Gasteiger partial charge < -0.3 is 15.2 Å². The zero-order valence-electron chi connectivity index (χ0n) is 11.9. The molecule has 2 aromatic rings. The number of hydrogen-bond donors (Lipinski definition) is 2. The summed E-state index contributed by atoms with van der Waals surface area (Å²) in [5.41, 5.74) is 0.404. The van der Waals surface area contributed by atoms with E-state index in [9.17, 15) is 18.7 Å². The van der Waals surface area contributed by atoms with E-state index in [-0.39, 0.29) is 6.54 Å². The van der Waals surface area contributed by atoms with Crippen LogP contribution in [0.1, 0.15) is 15.9 Å². The number of aromatic hydroxyl groups is 1. The summed E-state index contributed by atoms with van der Waals surface area (Å²) in [5, 5.41) is 11.9. The van der Waals surface area contributed by atoms with Gasteiger partial charge in [0.1, 0.15) is 28.7 Å². The van der Waals surface area contributed by atoms with E-state index in [2.05, 4.69) is 5.32 Å². The smallest absolute Gasteiger partial charge is 0.258 e. The minimum atomic E-state index is -1.10. The van der Waals surface area contributed by atoms with Crippen molar-refractivity contribution in [1.29, 1.82) is 0 Å². The molecule has 6 heteroatoms. The number of amides is 1. The molecule has 2 N–H and O–H groups in total. The lowest BCUT2D eigenvalue weighted by atomic mass is 10.1. The van der Waals surface area contributed by atoms with Crippen molar-refractivity contribution in [2.75, 3.05) is 13.7 Å². The van der Waals surface area contributed by atoms with Gasteiger partial charge in [0.15, 0.2) is 0 Å². The Morgan fingerprint density at radius 2 is 1.91 bits per heavy atom. The van der Waals surface area contributed by atoms with Gasteiger partial charge in [0, 0.05) is 18.7 Å². The monoisotopic (exact) mass is 307 g/mol. The molecular formula is C16H15F2NO3. The summed E-state index contributed by atoms with van der Waals surface area (Å²) in [4.78, 5) is 11.8. The van der Waals surface area contributed by atoms with Gasteiger partial charge in [0.05, 0.1) is 7.11 Å². The topological polar surface area (TPSA) is 58.6 Å². The third-order valence-electron chi connectivity index (χ3n) is 3.12. The summed E-state index contributed by atoms with van der Waals surface area (Å²) in [6, 6.07) is 8.53. The summed E-state index contributed by atoms with van der Waals surface area (Å²) >= 11 is 0. The maximum Gasteiger partial charge on any atom is 0.258 e. The van der Waals surface area contributed by atoms with Crippen LogP contribution in [0.3, 0.4) is 0 Å². The van der Waals surface area contributed by atoms with Crippen molar-refractivity contribution in [3.8, 4) is 11.5 Å². The maximum absolute atomic E-state index is 13.5. The normalized spacial score (nSPS) is 10.3. The lowest BCUT2D eigenvalue weighted by Crippen LogP contribution is -2.26. The molecular weight excluding hydrogens is 292 g/mol. The third-order valence-corrected chi connectivity index (χ3v) is 3.12. The minimum absolute atomic E-state index is 0.251. The standard InChI is InChI=1S/C16H15F2NO3/c1-22-12-4-2-10(3-5-12)6-7-19-16(21)15-13(18)8-11(17)9-14(15)20/h2-5,8-9,20H,6-7H2,1H3,(H,19,21). The fourth-order valence-electron chi connectivity index (χ4n) is 1.99. The average molecular weight is 307 g/mol. The molecule has 0 heterocycles. The van der Waals surface area contributed by atoms with Gasteiger partial charge >= 0.3 is 0 Å². The van der Waals surface area contributed by atoms with Gasteiger partial charge in [0.25, 0.3) is 5.91 Å². The quantitative estimate of drug-likeness (QED) is 0.893. The molecule has 0 aromatic heterocycles. The third kappa shape index (κ3) is 3.72. The second-order valence-electron chi connectivity index (χ2n) is 4.64. The fraction of sp³-hybridized carbons (Fsp3) is 0.188. The zero-order chi connectivity index (χ0) is 16.1. The number of carbonyl (C=O) groups excluding carboxylic acids is 1. The largest absolute Gasteiger partial charge is 0.507 e. The van der Waals surface area contributed by atoms with E-state index < -0.39 is 28.9 Å². The van der Waals surface area contributed by atoms with Crippen LogP contribution in [0.5, 0.6) is 11.5 Å². The molecule has 2 aromatic carbocycles. The Hall–Kier alpha value is -2.63. The van der Waals surface area contributed by atoms with Crippen LogP contribution in [-0.4, -0.2) is 24.7 Å². The molecule has 0 atom stereocenters. The summed E-state index contributed by atoms with van der Waals surface area (Å²) in [6.07, 6.45) is 0.527. The predicted molar refractivity (Wildman–Crippen MR) is 77.1 cm³/mol. The Kier molecular flexibility index (Phi) is 4.93. The molecule has 0 aliphatic carbocycles. The van der Waals surface area contributed by atoms with E-state index in [1.807, 2.05) is 12.1 Å². The number of nitrogens with one attached hydrogen (secondary N) is 1. The number of carbonyl (C=O) groups is 1. The highest BCUT2D eigenvalue weighted by Crippen LogP contribution is 2.21. The van der Waals surface area contributed by atoms with Crippen LogP contribution in [0, 0.1) is 11.6 Å². The maximum atomic E-state index is 13.5. The molecule has 22 heavy (non-hydrogen) atoms. The van der Waals surface area contributed by atoms with Gasteiger partial charge in [-0.2, -0.15) is 0 Å². The van der Waals surface area contributed by atoms with E-state index in [1.165, 1.54) is 0 Å². The summed E-state index contributed by atoms with van der Waals surface area (Å²) < 4.78 is 31.4. The average Bonchev–Trinajstić information content (AvgIpc) is 2.47. The molecule has 0 unspecified atom stereocenters. The van der Waals surface area contributed by atoms with Gasteiger partial charge in [0.2, 0.25) is 0 Å². The number of phenols is 1. The number of rotatable bonds is 5. The van der Waals surface area contributed by atoms with Crippen LogP contribution in [-0.2, 0) is 6.42 Å². The second kappa shape index (κ2) is 6.89. The minimum Gasteiger partial charge on any atom is -0.507 e. The molecule has 0 aliphatic heterocycles. The Balaban J connectivity index is 1.95. The van der Waals surface area contributed by atoms with Gasteiger partial charge in [-0.3, -0.25) is 4.79 Å². The number of halogens is 2. The van der Waals surface area contributed by atoms with E-state index in [4.69, 9.17) is 4.74 Å². The fourth-order valence-corrected chi connectivity index (χ4v) is 1.99. The van der Waals surface area contributed by atoms with E-state index >= 15 is 0 Å². The highest BCUT2D eigenvalue weighted by molar-refractivity contribution is 5.97. The summed E-state index contributed by atoms with van der Waals surface area (Å²) in [5.74, 6) is -2.82. The van der Waals surface area contributed by atoms with Crippen molar-refractivity contribution in [3.63, 3.8) is 0 Å². The summed E-state index contributed by atoms with van der Waals surface area (Å²) in [7, 11) is 1.57. The Bertz CT molecular complexity index is 649. The van der Waals surface area contributed by atoms with E-state index in [0.29, 0.717) is 18.6 Å². The number of benzene rings is 2. The Morgan fingerprint density at radius 1 is 1.23 bits per heavy atom. The van der Waals surface area contributed by atoms with Crippen molar-refractivity contribution in [1.82, 2.24) is 5.32 Å². The van der Waals surface area contributed by atoms with Gasteiger partial charge in [-0.25, -0.2) is 8.78 Å². The van der Waals surface area contributed by atoms with Gasteiger partial charge in [-0.05, 0) is 24.1 Å². The molecule has 0 saturated carbocycles. The molecule has 0 spiro atoms. The van der Waals surface area contributed by atoms with Crippen LogP contribution in [0.4, 0.5) is 8.78 Å². The van der Waals surface area contributed by atoms with Gasteiger partial charge in [-0.1, -0.05) is 12.1 Å². The Morgan fingerprint density at radius 3 is 2.50 bits per heavy atom. The van der Waals surface area contributed by atoms with Crippen LogP contribution in [0.25, 0.3) is 0 Å². The number of phenolic OH excluding ortho intramolecular Hbond substituents is 1. The SMILES string of the molecule is COc1ccc(CCNC(=O)c2c(O)cc(F)cc2F)cc1. The molecule has 2 rings (SSSR count). The van der Waals surface area contributed by atoms with Crippen LogP contribution in [0.2, 0.25) is 0 Å². The summed E-state index contributed by atoms with van der Waals surface area (Å²) in [6.45, 7) is 0.251. The van der Waals surface area contributed by atoms with Crippen LogP contribution in [0.15, 0.2) is 36.4 Å². The molecule has 0 bridgehead atoms. The highest BCUT2D eigenvalue weighted by atomic mass is 19.1. The molecule has 0 saturated heterocycles. The molecule has 0 fully saturated rings. The molecule has 1 amide bonds. The number of hydrogen-bond acceptors (Lipinski definition) is 3. The first-order chi connectivity index (χ1) is 10.5. The van der Waals surface area contributed by atoms with Crippen LogP contribution < -0.4 is 10.1 Å². The first-order valence-electron chi connectivity index (χ1n) is 6.60. The molecule has 4 nitrogen and oxygen atoms in total. The van der Waals surface area contributed by atoms with Crippen molar-refractivity contribution in [2.45, 2.75) is 6.42 Å². The first kappa shape index (κ1) is 15.8. The van der Waals surface area contributed by atoms with Crippen molar-refractivity contribution in [3.05, 3.63) is 59.2 Å². The predicted octanol–water partition coefficient (Wildman–Crippen LogP) is 2.65. The lowest BCUT2D eigenvalue weighted by Gasteiger charge is -2.08. The number of ether oxygens (including phenoxy) is 1.